The summed E-state index contributed by atoms with van der Waals surface area (Å²) in [5.41, 5.74) is 0.976. The van der Waals surface area contributed by atoms with E-state index in [0.717, 1.165) is 11.6 Å². The fourth-order valence-corrected chi connectivity index (χ4v) is 2.85. The number of nitrogens with one attached hydrogen (secondary N) is 1. The monoisotopic (exact) mass is 361 g/mol. The summed E-state index contributed by atoms with van der Waals surface area (Å²) in [4.78, 5) is 22.7. The number of amides is 1. The SMILES string of the molecule is O=C(O)COc1cccc(CNC(=O)C2CC2c2cccc(F)c2F)c1. The molecular weight excluding hydrogens is 344 g/mol. The third-order valence-electron chi connectivity index (χ3n) is 4.24. The Bertz CT molecular complexity index is 840. The fraction of sp³-hybridized carbons (Fsp3) is 0.263. The first-order valence-corrected chi connectivity index (χ1v) is 8.11. The molecule has 0 radical (unpaired) electrons. The molecule has 0 spiro atoms. The first-order chi connectivity index (χ1) is 12.5. The van der Waals surface area contributed by atoms with Gasteiger partial charge in [-0.25, -0.2) is 13.6 Å². The van der Waals surface area contributed by atoms with E-state index in [0.29, 0.717) is 12.2 Å². The van der Waals surface area contributed by atoms with Crippen molar-refractivity contribution in [3.63, 3.8) is 0 Å². The van der Waals surface area contributed by atoms with Gasteiger partial charge in [-0.2, -0.15) is 0 Å². The molecule has 0 bridgehead atoms. The van der Waals surface area contributed by atoms with Gasteiger partial charge in [-0.1, -0.05) is 24.3 Å². The Hall–Kier alpha value is -2.96. The highest BCUT2D eigenvalue weighted by atomic mass is 19.2. The van der Waals surface area contributed by atoms with Crippen LogP contribution >= 0.6 is 0 Å². The molecule has 26 heavy (non-hydrogen) atoms. The largest absolute Gasteiger partial charge is 0.482 e. The molecule has 1 fully saturated rings. The summed E-state index contributed by atoms with van der Waals surface area (Å²) < 4.78 is 32.2. The molecule has 2 aromatic rings. The van der Waals surface area contributed by atoms with Gasteiger partial charge in [0.05, 0.1) is 0 Å². The number of hydrogen-bond donors (Lipinski definition) is 2. The van der Waals surface area contributed by atoms with Crippen molar-refractivity contribution in [2.24, 2.45) is 5.92 Å². The van der Waals surface area contributed by atoms with E-state index in [-0.39, 0.29) is 29.9 Å². The highest BCUT2D eigenvalue weighted by molar-refractivity contribution is 5.82. The van der Waals surface area contributed by atoms with Gasteiger partial charge in [0.25, 0.3) is 0 Å². The Labute approximate surface area is 148 Å². The van der Waals surface area contributed by atoms with E-state index in [2.05, 4.69) is 5.32 Å². The predicted molar refractivity (Wildman–Crippen MR) is 88.6 cm³/mol. The van der Waals surface area contributed by atoms with E-state index in [1.165, 1.54) is 12.1 Å². The Kier molecular flexibility index (Phi) is 5.16. The quantitative estimate of drug-likeness (QED) is 0.795. The maximum absolute atomic E-state index is 13.8. The van der Waals surface area contributed by atoms with Gasteiger partial charge in [-0.05, 0) is 41.7 Å². The molecule has 2 unspecified atom stereocenters. The summed E-state index contributed by atoms with van der Waals surface area (Å²) in [5.74, 6) is -3.40. The van der Waals surface area contributed by atoms with E-state index in [1.807, 2.05) is 0 Å². The molecule has 0 aliphatic heterocycles. The van der Waals surface area contributed by atoms with E-state index in [9.17, 15) is 18.4 Å². The van der Waals surface area contributed by atoms with Crippen LogP contribution in [0.4, 0.5) is 8.78 Å². The van der Waals surface area contributed by atoms with Crippen LogP contribution in [0, 0.1) is 17.6 Å². The molecule has 2 N–H and O–H groups in total. The van der Waals surface area contributed by atoms with Gasteiger partial charge < -0.3 is 15.2 Å². The van der Waals surface area contributed by atoms with Crippen molar-refractivity contribution in [3.8, 4) is 5.75 Å². The lowest BCUT2D eigenvalue weighted by molar-refractivity contribution is -0.139. The van der Waals surface area contributed by atoms with Crippen LogP contribution in [-0.2, 0) is 16.1 Å². The van der Waals surface area contributed by atoms with Crippen molar-refractivity contribution in [1.82, 2.24) is 5.32 Å². The van der Waals surface area contributed by atoms with Gasteiger partial charge in [0.15, 0.2) is 18.2 Å². The number of rotatable bonds is 7. The molecular formula is C19H17F2NO4. The lowest BCUT2D eigenvalue weighted by Gasteiger charge is -2.08. The van der Waals surface area contributed by atoms with Gasteiger partial charge >= 0.3 is 5.97 Å². The van der Waals surface area contributed by atoms with Gasteiger partial charge in [0, 0.05) is 12.5 Å². The molecule has 0 heterocycles. The maximum Gasteiger partial charge on any atom is 0.341 e. The third kappa shape index (κ3) is 4.17. The number of carbonyl (C=O) groups is 2. The van der Waals surface area contributed by atoms with Crippen molar-refractivity contribution in [1.29, 1.82) is 0 Å². The molecule has 2 aromatic carbocycles. The number of benzene rings is 2. The minimum absolute atomic E-state index is 0.226. The Balaban J connectivity index is 1.54. The van der Waals surface area contributed by atoms with Crippen LogP contribution in [0.15, 0.2) is 42.5 Å². The van der Waals surface area contributed by atoms with Crippen LogP contribution < -0.4 is 10.1 Å². The standard InChI is InChI=1S/C19H17F2NO4/c20-16-6-2-5-13(18(16)21)14-8-15(14)19(25)22-9-11-3-1-4-12(7-11)26-10-17(23)24/h1-7,14-15H,8-10H2,(H,22,25)(H,23,24). The average Bonchev–Trinajstić information content (AvgIpc) is 3.41. The topological polar surface area (TPSA) is 75.6 Å². The Morgan fingerprint density at radius 2 is 1.96 bits per heavy atom. The van der Waals surface area contributed by atoms with Crippen LogP contribution in [0.2, 0.25) is 0 Å². The second-order valence-corrected chi connectivity index (χ2v) is 6.14. The highest BCUT2D eigenvalue weighted by Crippen LogP contribution is 2.48. The molecule has 1 aliphatic carbocycles. The fourth-order valence-electron chi connectivity index (χ4n) is 2.85. The first kappa shape index (κ1) is 17.8. The summed E-state index contributed by atoms with van der Waals surface area (Å²) in [7, 11) is 0. The zero-order valence-electron chi connectivity index (χ0n) is 13.7. The zero-order valence-corrected chi connectivity index (χ0v) is 13.7. The molecule has 2 atom stereocenters. The summed E-state index contributed by atoms with van der Waals surface area (Å²) in [6.07, 6.45) is 0.480. The van der Waals surface area contributed by atoms with E-state index in [4.69, 9.17) is 9.84 Å². The second kappa shape index (κ2) is 7.51. The van der Waals surface area contributed by atoms with E-state index >= 15 is 0 Å². The third-order valence-corrected chi connectivity index (χ3v) is 4.24. The molecule has 1 saturated carbocycles. The molecule has 1 aliphatic rings. The molecule has 0 aromatic heterocycles. The average molecular weight is 361 g/mol. The number of halogens is 2. The van der Waals surface area contributed by atoms with Crippen LogP contribution in [-0.4, -0.2) is 23.6 Å². The minimum atomic E-state index is -1.08. The lowest BCUT2D eigenvalue weighted by atomic mass is 10.1. The summed E-state index contributed by atoms with van der Waals surface area (Å²) >= 11 is 0. The summed E-state index contributed by atoms with van der Waals surface area (Å²) in [6.45, 7) is -0.212. The van der Waals surface area contributed by atoms with Crippen LogP contribution in [0.25, 0.3) is 0 Å². The van der Waals surface area contributed by atoms with Crippen LogP contribution in [0.1, 0.15) is 23.5 Å². The number of hydrogen-bond acceptors (Lipinski definition) is 3. The van der Waals surface area contributed by atoms with Crippen molar-refractivity contribution >= 4 is 11.9 Å². The van der Waals surface area contributed by atoms with Crippen molar-refractivity contribution in [2.45, 2.75) is 18.9 Å². The first-order valence-electron chi connectivity index (χ1n) is 8.11. The van der Waals surface area contributed by atoms with Gasteiger partial charge in [0.1, 0.15) is 5.75 Å². The van der Waals surface area contributed by atoms with Gasteiger partial charge in [-0.3, -0.25) is 4.79 Å². The zero-order chi connectivity index (χ0) is 18.7. The number of ether oxygens (including phenoxy) is 1. The molecule has 3 rings (SSSR count). The van der Waals surface area contributed by atoms with Crippen molar-refractivity contribution < 1.29 is 28.2 Å². The number of carboxylic acid groups (broad SMARTS) is 1. The normalized spacial score (nSPS) is 18.2. The number of carbonyl (C=O) groups excluding carboxylic acids is 1. The Morgan fingerprint density at radius 1 is 1.19 bits per heavy atom. The molecule has 0 saturated heterocycles. The summed E-state index contributed by atoms with van der Waals surface area (Å²) in [6, 6.07) is 10.7. The second-order valence-electron chi connectivity index (χ2n) is 6.14. The number of aliphatic carboxylic acids is 1. The smallest absolute Gasteiger partial charge is 0.341 e. The predicted octanol–water partition coefficient (Wildman–Crippen LogP) is 2.85. The van der Waals surface area contributed by atoms with Crippen molar-refractivity contribution in [3.05, 3.63) is 65.2 Å². The molecule has 136 valence electrons. The molecule has 5 nitrogen and oxygen atoms in total. The Morgan fingerprint density at radius 3 is 2.73 bits per heavy atom. The van der Waals surface area contributed by atoms with Crippen LogP contribution in [0.5, 0.6) is 5.75 Å². The van der Waals surface area contributed by atoms with Gasteiger partial charge in [0.2, 0.25) is 5.91 Å². The van der Waals surface area contributed by atoms with Gasteiger partial charge in [-0.15, -0.1) is 0 Å². The van der Waals surface area contributed by atoms with Crippen LogP contribution in [0.3, 0.4) is 0 Å². The highest BCUT2D eigenvalue weighted by Gasteiger charge is 2.45. The lowest BCUT2D eigenvalue weighted by Crippen LogP contribution is -2.25. The van der Waals surface area contributed by atoms with Crippen molar-refractivity contribution in [2.75, 3.05) is 6.61 Å². The minimum Gasteiger partial charge on any atom is -0.482 e. The summed E-state index contributed by atoms with van der Waals surface area (Å²) in [5, 5.41) is 11.4. The molecule has 7 heteroatoms. The number of carboxylic acids is 1. The van der Waals surface area contributed by atoms with E-state index < -0.39 is 24.2 Å². The molecule has 1 amide bonds. The maximum atomic E-state index is 13.8. The van der Waals surface area contributed by atoms with E-state index in [1.54, 1.807) is 24.3 Å².